The van der Waals surface area contributed by atoms with Gasteiger partial charge >= 0.3 is 0 Å². The zero-order chi connectivity index (χ0) is 8.55. The molecular weight excluding hydrogens is 158 g/mol. The van der Waals surface area contributed by atoms with Gasteiger partial charge in [-0.15, -0.1) is 0 Å². The lowest BCUT2D eigenvalue weighted by atomic mass is 10.4. The van der Waals surface area contributed by atoms with Gasteiger partial charge in [0.1, 0.15) is 11.2 Å². The maximum Gasteiger partial charge on any atom is 0.262 e. The molecule has 0 aliphatic rings. The van der Waals surface area contributed by atoms with E-state index in [1.807, 2.05) is 0 Å². The second-order valence-electron chi connectivity index (χ2n) is 2.36. The monoisotopic (exact) mass is 165 g/mol. The predicted molar refractivity (Wildman–Crippen MR) is 42.5 cm³/mol. The van der Waals surface area contributed by atoms with E-state index in [-0.39, 0.29) is 12.1 Å². The Morgan fingerprint density at radius 3 is 3.25 bits per heavy atom. The van der Waals surface area contributed by atoms with E-state index in [4.69, 9.17) is 10.2 Å². The van der Waals surface area contributed by atoms with Crippen LogP contribution in [-0.4, -0.2) is 9.97 Å². The van der Waals surface area contributed by atoms with Gasteiger partial charge in [0.25, 0.3) is 5.56 Å². The minimum Gasteiger partial charge on any atom is -0.446 e. The van der Waals surface area contributed by atoms with Crippen molar-refractivity contribution in [3.8, 4) is 0 Å². The Bertz CT molecular complexity index is 457. The van der Waals surface area contributed by atoms with E-state index in [1.165, 1.54) is 6.26 Å². The van der Waals surface area contributed by atoms with E-state index in [9.17, 15) is 4.79 Å². The quantitative estimate of drug-likeness (QED) is 0.621. The fourth-order valence-corrected chi connectivity index (χ4v) is 1.01. The van der Waals surface area contributed by atoms with Gasteiger partial charge < -0.3 is 15.1 Å². The third-order valence-electron chi connectivity index (χ3n) is 1.58. The average molecular weight is 165 g/mol. The maximum absolute atomic E-state index is 11.2. The topological polar surface area (TPSA) is 84.9 Å². The molecule has 62 valence electrons. The number of nitrogens with zero attached hydrogens (tertiary/aromatic N) is 1. The lowest BCUT2D eigenvalue weighted by Crippen LogP contribution is -2.13. The van der Waals surface area contributed by atoms with Crippen molar-refractivity contribution in [3.63, 3.8) is 0 Å². The number of nitrogens with two attached hydrogens (primary N) is 1. The van der Waals surface area contributed by atoms with Crippen LogP contribution >= 0.6 is 0 Å². The Morgan fingerprint density at radius 2 is 2.50 bits per heavy atom. The van der Waals surface area contributed by atoms with Crippen LogP contribution in [0.2, 0.25) is 0 Å². The number of aromatic amines is 1. The second-order valence-corrected chi connectivity index (χ2v) is 2.36. The van der Waals surface area contributed by atoms with Crippen molar-refractivity contribution in [1.29, 1.82) is 0 Å². The Labute approximate surface area is 67.2 Å². The van der Waals surface area contributed by atoms with Gasteiger partial charge in [0.2, 0.25) is 5.71 Å². The van der Waals surface area contributed by atoms with Crippen molar-refractivity contribution in [2.45, 2.75) is 6.54 Å². The molecule has 0 aromatic carbocycles. The average Bonchev–Trinajstić information content (AvgIpc) is 2.52. The molecule has 0 bridgehead atoms. The molecule has 0 aliphatic carbocycles. The molecule has 0 saturated heterocycles. The van der Waals surface area contributed by atoms with Crippen molar-refractivity contribution >= 4 is 11.1 Å². The highest BCUT2D eigenvalue weighted by Crippen LogP contribution is 2.06. The fraction of sp³-hybridized carbons (Fsp3) is 0.143. The molecule has 2 aromatic rings. The first-order chi connectivity index (χ1) is 5.81. The summed E-state index contributed by atoms with van der Waals surface area (Å²) in [5, 5.41) is 0.451. The summed E-state index contributed by atoms with van der Waals surface area (Å²) in [7, 11) is 0. The number of H-pyrrole nitrogens is 1. The minimum absolute atomic E-state index is 0.200. The van der Waals surface area contributed by atoms with Crippen LogP contribution in [-0.2, 0) is 6.54 Å². The lowest BCUT2D eigenvalue weighted by molar-refractivity contribution is 0.599. The van der Waals surface area contributed by atoms with Gasteiger partial charge in [0.15, 0.2) is 0 Å². The van der Waals surface area contributed by atoms with Crippen LogP contribution < -0.4 is 11.3 Å². The van der Waals surface area contributed by atoms with Crippen LogP contribution in [0, 0.1) is 0 Å². The first-order valence-corrected chi connectivity index (χ1v) is 3.47. The van der Waals surface area contributed by atoms with Crippen LogP contribution in [0.1, 0.15) is 5.82 Å². The molecule has 5 nitrogen and oxygen atoms in total. The van der Waals surface area contributed by atoms with Gasteiger partial charge in [-0.2, -0.15) is 4.98 Å². The minimum atomic E-state index is -0.214. The molecule has 0 amide bonds. The summed E-state index contributed by atoms with van der Waals surface area (Å²) in [4.78, 5) is 17.7. The van der Waals surface area contributed by atoms with E-state index in [2.05, 4.69) is 9.97 Å². The molecule has 0 unspecified atom stereocenters. The Morgan fingerprint density at radius 1 is 1.67 bits per heavy atom. The van der Waals surface area contributed by atoms with Crippen LogP contribution in [0.3, 0.4) is 0 Å². The molecule has 2 heterocycles. The van der Waals surface area contributed by atoms with Crippen molar-refractivity contribution in [2.75, 3.05) is 0 Å². The van der Waals surface area contributed by atoms with Gasteiger partial charge in [-0.25, -0.2) is 0 Å². The first kappa shape index (κ1) is 7.05. The van der Waals surface area contributed by atoms with E-state index in [0.717, 1.165) is 0 Å². The van der Waals surface area contributed by atoms with Crippen molar-refractivity contribution in [2.24, 2.45) is 5.73 Å². The summed E-state index contributed by atoms with van der Waals surface area (Å²) in [6.07, 6.45) is 1.42. The SMILES string of the molecule is NCc1nc2occc2c(=O)[nH]1. The van der Waals surface area contributed by atoms with Crippen molar-refractivity contribution in [3.05, 3.63) is 28.5 Å². The van der Waals surface area contributed by atoms with Gasteiger partial charge in [0, 0.05) is 0 Å². The number of furan rings is 1. The summed E-state index contributed by atoms with van der Waals surface area (Å²) >= 11 is 0. The van der Waals surface area contributed by atoms with E-state index in [1.54, 1.807) is 6.07 Å². The molecule has 0 aliphatic heterocycles. The molecule has 0 atom stereocenters. The molecule has 3 N–H and O–H groups in total. The molecule has 0 saturated carbocycles. The molecule has 0 radical (unpaired) electrons. The highest BCUT2D eigenvalue weighted by atomic mass is 16.3. The Hall–Kier alpha value is -1.62. The Balaban J connectivity index is 2.84. The zero-order valence-electron chi connectivity index (χ0n) is 6.20. The third kappa shape index (κ3) is 0.911. The van der Waals surface area contributed by atoms with Gasteiger partial charge in [0.05, 0.1) is 12.8 Å². The summed E-state index contributed by atoms with van der Waals surface area (Å²) < 4.78 is 4.95. The van der Waals surface area contributed by atoms with Crippen LogP contribution in [0.5, 0.6) is 0 Å². The number of hydrogen-bond donors (Lipinski definition) is 2. The van der Waals surface area contributed by atoms with Gasteiger partial charge in [-0.3, -0.25) is 4.79 Å². The summed E-state index contributed by atoms with van der Waals surface area (Å²) in [5.74, 6) is 0.433. The first-order valence-electron chi connectivity index (χ1n) is 3.47. The molecule has 2 rings (SSSR count). The van der Waals surface area contributed by atoms with Gasteiger partial charge in [-0.1, -0.05) is 0 Å². The lowest BCUT2D eigenvalue weighted by Gasteiger charge is -1.93. The van der Waals surface area contributed by atoms with E-state index >= 15 is 0 Å². The summed E-state index contributed by atoms with van der Waals surface area (Å²) in [6, 6.07) is 1.57. The van der Waals surface area contributed by atoms with E-state index in [0.29, 0.717) is 16.9 Å². The molecule has 0 fully saturated rings. The zero-order valence-corrected chi connectivity index (χ0v) is 6.20. The molecule has 0 spiro atoms. The molecule has 2 aromatic heterocycles. The summed E-state index contributed by atoms with van der Waals surface area (Å²) in [6.45, 7) is 0.200. The van der Waals surface area contributed by atoms with Crippen LogP contribution in [0.15, 0.2) is 21.5 Å². The molecular formula is C7H7N3O2. The van der Waals surface area contributed by atoms with E-state index < -0.39 is 0 Å². The highest BCUT2D eigenvalue weighted by Gasteiger charge is 2.03. The predicted octanol–water partition coefficient (Wildman–Crippen LogP) is -0.0252. The summed E-state index contributed by atoms with van der Waals surface area (Å²) in [5.41, 5.74) is 5.42. The standard InChI is InChI=1S/C7H7N3O2/c8-3-5-9-6(11)4-1-2-12-7(4)10-5/h1-2H,3,8H2,(H,9,10,11). The number of nitrogens with one attached hydrogen (secondary N) is 1. The second kappa shape index (κ2) is 2.46. The van der Waals surface area contributed by atoms with Crippen molar-refractivity contribution < 1.29 is 4.42 Å². The number of fused-ring (bicyclic) bond motifs is 1. The van der Waals surface area contributed by atoms with Gasteiger partial charge in [-0.05, 0) is 6.07 Å². The fourth-order valence-electron chi connectivity index (χ4n) is 1.01. The molecule has 5 heteroatoms. The maximum atomic E-state index is 11.2. The van der Waals surface area contributed by atoms with Crippen LogP contribution in [0.4, 0.5) is 0 Å². The number of hydrogen-bond acceptors (Lipinski definition) is 4. The normalized spacial score (nSPS) is 10.8. The van der Waals surface area contributed by atoms with Crippen molar-refractivity contribution in [1.82, 2.24) is 9.97 Å². The Kier molecular flexibility index (Phi) is 1.44. The highest BCUT2D eigenvalue weighted by molar-refractivity contribution is 5.71. The van der Waals surface area contributed by atoms with Crippen LogP contribution in [0.25, 0.3) is 11.1 Å². The largest absolute Gasteiger partial charge is 0.446 e. The number of rotatable bonds is 1. The molecule has 12 heavy (non-hydrogen) atoms. The smallest absolute Gasteiger partial charge is 0.262 e. The number of aromatic nitrogens is 2. The third-order valence-corrected chi connectivity index (χ3v) is 1.58.